The van der Waals surface area contributed by atoms with E-state index in [0.29, 0.717) is 16.7 Å². The van der Waals surface area contributed by atoms with Crippen LogP contribution < -0.4 is 10.6 Å². The minimum absolute atomic E-state index is 0.181. The van der Waals surface area contributed by atoms with Crippen molar-refractivity contribution in [3.8, 4) is 0 Å². The van der Waals surface area contributed by atoms with E-state index in [1.54, 1.807) is 11.3 Å². The van der Waals surface area contributed by atoms with Crippen molar-refractivity contribution >= 4 is 33.7 Å². The maximum atomic E-state index is 11.9. The molecule has 2 heterocycles. The van der Waals surface area contributed by atoms with Gasteiger partial charge in [0.1, 0.15) is 0 Å². The van der Waals surface area contributed by atoms with Crippen LogP contribution in [0.5, 0.6) is 0 Å². The van der Waals surface area contributed by atoms with Gasteiger partial charge in [-0.25, -0.2) is 4.98 Å². The molecular weight excluding hydrogens is 294 g/mol. The van der Waals surface area contributed by atoms with Crippen molar-refractivity contribution in [2.75, 3.05) is 18.4 Å². The van der Waals surface area contributed by atoms with Gasteiger partial charge in [0, 0.05) is 24.9 Å². The second-order valence-electron chi connectivity index (χ2n) is 4.20. The summed E-state index contributed by atoms with van der Waals surface area (Å²) in [4.78, 5) is 16.2. The summed E-state index contributed by atoms with van der Waals surface area (Å²) < 4.78 is 0. The van der Waals surface area contributed by atoms with Crippen LogP contribution in [0.3, 0.4) is 0 Å². The fourth-order valence-electron chi connectivity index (χ4n) is 1.52. The fraction of sp³-hybridized carbons (Fsp3) is 0.500. The van der Waals surface area contributed by atoms with Crippen molar-refractivity contribution in [3.63, 3.8) is 0 Å². The van der Waals surface area contributed by atoms with E-state index in [1.807, 2.05) is 12.3 Å². The quantitative estimate of drug-likeness (QED) is 0.818. The van der Waals surface area contributed by atoms with Crippen molar-refractivity contribution in [2.24, 2.45) is 0 Å². The molecular formula is C12H17N5OS2. The number of hydrogen-bond acceptors (Lipinski definition) is 7. The van der Waals surface area contributed by atoms with E-state index in [0.717, 1.165) is 30.1 Å². The number of aryl methyl sites for hydroxylation is 1. The highest BCUT2D eigenvalue weighted by atomic mass is 32.1. The summed E-state index contributed by atoms with van der Waals surface area (Å²) in [7, 11) is 0. The Bertz CT molecular complexity index is 566. The molecule has 0 saturated heterocycles. The smallest absolute Gasteiger partial charge is 0.282 e. The summed E-state index contributed by atoms with van der Waals surface area (Å²) in [6, 6.07) is 0. The highest BCUT2D eigenvalue weighted by Gasteiger charge is 2.12. The first-order chi connectivity index (χ1) is 9.69. The molecule has 0 atom stereocenters. The number of rotatable bonds is 7. The third-order valence-electron chi connectivity index (χ3n) is 2.48. The zero-order valence-electron chi connectivity index (χ0n) is 11.5. The van der Waals surface area contributed by atoms with Crippen LogP contribution >= 0.6 is 22.7 Å². The second kappa shape index (κ2) is 7.30. The van der Waals surface area contributed by atoms with Crippen molar-refractivity contribution in [3.05, 3.63) is 21.1 Å². The zero-order valence-corrected chi connectivity index (χ0v) is 13.1. The van der Waals surface area contributed by atoms with E-state index < -0.39 is 0 Å². The van der Waals surface area contributed by atoms with Gasteiger partial charge in [0.25, 0.3) is 5.91 Å². The number of hydrogen-bond donors (Lipinski definition) is 2. The Labute approximate surface area is 125 Å². The Morgan fingerprint density at radius 3 is 2.90 bits per heavy atom. The van der Waals surface area contributed by atoms with Crippen LogP contribution in [0.4, 0.5) is 5.13 Å². The molecule has 1 amide bonds. The second-order valence-corrected chi connectivity index (χ2v) is 6.24. The van der Waals surface area contributed by atoms with Crippen molar-refractivity contribution in [2.45, 2.75) is 26.7 Å². The monoisotopic (exact) mass is 311 g/mol. The van der Waals surface area contributed by atoms with E-state index in [9.17, 15) is 4.79 Å². The molecule has 0 aliphatic heterocycles. The number of carbonyl (C=O) groups excluding carboxylic acids is 1. The topological polar surface area (TPSA) is 79.8 Å². The van der Waals surface area contributed by atoms with Gasteiger partial charge < -0.3 is 10.6 Å². The third kappa shape index (κ3) is 4.24. The Balaban J connectivity index is 1.78. The van der Waals surface area contributed by atoms with Gasteiger partial charge in [0.15, 0.2) is 0 Å². The molecule has 0 saturated carbocycles. The zero-order chi connectivity index (χ0) is 14.4. The first-order valence-corrected chi connectivity index (χ1v) is 8.15. The molecule has 0 spiro atoms. The van der Waals surface area contributed by atoms with Crippen LogP contribution in [0, 0.1) is 6.92 Å². The molecule has 0 bridgehead atoms. The molecule has 6 nitrogen and oxygen atoms in total. The summed E-state index contributed by atoms with van der Waals surface area (Å²) in [5, 5.41) is 17.9. The Morgan fingerprint density at radius 2 is 2.20 bits per heavy atom. The molecule has 2 rings (SSSR count). The summed E-state index contributed by atoms with van der Waals surface area (Å²) in [5.74, 6) is -0.181. The van der Waals surface area contributed by atoms with Gasteiger partial charge in [-0.15, -0.1) is 21.5 Å². The summed E-state index contributed by atoms with van der Waals surface area (Å²) in [6.07, 6.45) is 1.74. The van der Waals surface area contributed by atoms with Crippen LogP contribution in [0.25, 0.3) is 0 Å². The molecule has 2 aromatic heterocycles. The van der Waals surface area contributed by atoms with Crippen molar-refractivity contribution < 1.29 is 4.79 Å². The lowest BCUT2D eigenvalue weighted by atomic mass is 10.3. The van der Waals surface area contributed by atoms with Gasteiger partial charge in [-0.1, -0.05) is 18.3 Å². The number of nitrogens with zero attached hydrogens (tertiary/aromatic N) is 3. The first-order valence-electron chi connectivity index (χ1n) is 6.45. The van der Waals surface area contributed by atoms with Crippen LogP contribution in [-0.2, 0) is 6.42 Å². The fourth-order valence-corrected chi connectivity index (χ4v) is 2.85. The van der Waals surface area contributed by atoms with E-state index in [4.69, 9.17) is 0 Å². The lowest BCUT2D eigenvalue weighted by Crippen LogP contribution is -2.25. The third-order valence-corrected chi connectivity index (χ3v) is 4.18. The summed E-state index contributed by atoms with van der Waals surface area (Å²) >= 11 is 2.89. The first kappa shape index (κ1) is 14.9. The van der Waals surface area contributed by atoms with Gasteiger partial charge >= 0.3 is 0 Å². The SMILES string of the molecule is CCCNc1nnc(C(=O)NCCc2csc(C)n2)s1. The number of amides is 1. The predicted molar refractivity (Wildman–Crippen MR) is 81.6 cm³/mol. The lowest BCUT2D eigenvalue weighted by molar-refractivity contribution is 0.0953. The highest BCUT2D eigenvalue weighted by Crippen LogP contribution is 2.14. The van der Waals surface area contributed by atoms with Crippen LogP contribution in [-0.4, -0.2) is 34.2 Å². The average Bonchev–Trinajstić information content (AvgIpc) is 3.05. The molecule has 0 fully saturated rings. The molecule has 0 aliphatic carbocycles. The van der Waals surface area contributed by atoms with E-state index in [1.165, 1.54) is 11.3 Å². The van der Waals surface area contributed by atoms with E-state index in [-0.39, 0.29) is 5.91 Å². The molecule has 2 aromatic rings. The summed E-state index contributed by atoms with van der Waals surface area (Å²) in [5.41, 5.74) is 1.01. The Kier molecular flexibility index (Phi) is 5.42. The van der Waals surface area contributed by atoms with Crippen molar-refractivity contribution in [1.29, 1.82) is 0 Å². The number of aromatic nitrogens is 3. The Hall–Kier alpha value is -1.54. The van der Waals surface area contributed by atoms with Crippen LogP contribution in [0.2, 0.25) is 0 Å². The number of carbonyl (C=O) groups is 1. The maximum absolute atomic E-state index is 11.9. The number of anilines is 1. The van der Waals surface area contributed by atoms with Gasteiger partial charge in [0.05, 0.1) is 10.7 Å². The van der Waals surface area contributed by atoms with Crippen LogP contribution in [0.1, 0.15) is 33.8 Å². The molecule has 0 radical (unpaired) electrons. The van der Waals surface area contributed by atoms with E-state index >= 15 is 0 Å². The van der Waals surface area contributed by atoms with Gasteiger partial charge in [-0.3, -0.25) is 4.79 Å². The average molecular weight is 311 g/mol. The summed E-state index contributed by atoms with van der Waals surface area (Å²) in [6.45, 7) is 5.43. The minimum atomic E-state index is -0.181. The lowest BCUT2D eigenvalue weighted by Gasteiger charge is -2.00. The van der Waals surface area contributed by atoms with Gasteiger partial charge in [0.2, 0.25) is 10.1 Å². The molecule has 2 N–H and O–H groups in total. The number of thiazole rings is 1. The molecule has 108 valence electrons. The Morgan fingerprint density at radius 1 is 1.35 bits per heavy atom. The van der Waals surface area contributed by atoms with Crippen molar-refractivity contribution in [1.82, 2.24) is 20.5 Å². The maximum Gasteiger partial charge on any atom is 0.282 e. The molecule has 0 aromatic carbocycles. The normalized spacial score (nSPS) is 10.5. The molecule has 20 heavy (non-hydrogen) atoms. The minimum Gasteiger partial charge on any atom is -0.360 e. The molecule has 0 aliphatic rings. The van der Waals surface area contributed by atoms with Crippen LogP contribution in [0.15, 0.2) is 5.38 Å². The number of nitrogens with one attached hydrogen (secondary N) is 2. The molecule has 0 unspecified atom stereocenters. The van der Waals surface area contributed by atoms with Gasteiger partial charge in [-0.2, -0.15) is 0 Å². The van der Waals surface area contributed by atoms with E-state index in [2.05, 4.69) is 32.7 Å². The molecule has 8 heteroatoms. The highest BCUT2D eigenvalue weighted by molar-refractivity contribution is 7.17. The predicted octanol–water partition coefficient (Wildman–Crippen LogP) is 2.10. The largest absolute Gasteiger partial charge is 0.360 e. The standard InChI is InChI=1S/C12H17N5OS2/c1-3-5-14-12-17-16-11(20-12)10(18)13-6-4-9-7-19-8(2)15-9/h7H,3-6H2,1-2H3,(H,13,18)(H,14,17). The van der Waals surface area contributed by atoms with Gasteiger partial charge in [-0.05, 0) is 13.3 Å².